The first-order valence-corrected chi connectivity index (χ1v) is 37.1. The highest BCUT2D eigenvalue weighted by atomic mass is 15.1. The summed E-state index contributed by atoms with van der Waals surface area (Å²) in [5.41, 5.74) is 29.8. The van der Waals surface area contributed by atoms with E-state index in [9.17, 15) is 0 Å². The van der Waals surface area contributed by atoms with Crippen LogP contribution in [0, 0.1) is 0 Å². The van der Waals surface area contributed by atoms with Crippen LogP contribution in [0.25, 0.3) is 154 Å². The van der Waals surface area contributed by atoms with E-state index in [1.54, 1.807) is 0 Å². The predicted octanol–water partition coefficient (Wildman–Crippen LogP) is 28.8. The second kappa shape index (κ2) is 27.1. The third kappa shape index (κ3) is 11.3. The first-order valence-electron chi connectivity index (χ1n) is 37.1. The van der Waals surface area contributed by atoms with Crippen molar-refractivity contribution in [3.05, 3.63) is 425 Å². The van der Waals surface area contributed by atoms with E-state index in [2.05, 4.69) is 444 Å². The van der Waals surface area contributed by atoms with Crippen molar-refractivity contribution < 1.29 is 0 Å². The average molecular weight is 1380 g/mol. The summed E-state index contributed by atoms with van der Waals surface area (Å²) in [5, 5.41) is 9.65. The van der Waals surface area contributed by atoms with Gasteiger partial charge >= 0.3 is 0 Å². The molecule has 0 aliphatic carbocycles. The molecule has 2 heterocycles. The molecule has 0 unspecified atom stereocenters. The van der Waals surface area contributed by atoms with E-state index >= 15 is 0 Å². The molecule has 0 fully saturated rings. The molecule has 0 amide bonds. The lowest BCUT2D eigenvalue weighted by Gasteiger charge is -2.26. The molecule has 20 rings (SSSR count). The van der Waals surface area contributed by atoms with E-state index in [-0.39, 0.29) is 0 Å². The van der Waals surface area contributed by atoms with Crippen LogP contribution in [-0.4, -0.2) is 9.13 Å². The van der Waals surface area contributed by atoms with E-state index in [1.807, 2.05) is 0 Å². The summed E-state index contributed by atoms with van der Waals surface area (Å²) >= 11 is 0. The lowest BCUT2D eigenvalue weighted by Crippen LogP contribution is -2.10. The number of aromatic nitrogens is 2. The zero-order chi connectivity index (χ0) is 71.4. The van der Waals surface area contributed by atoms with Crippen molar-refractivity contribution in [3.63, 3.8) is 0 Å². The fraction of sp³-hybridized carbons (Fsp3) is 0. The highest BCUT2D eigenvalue weighted by Gasteiger charge is 2.25. The van der Waals surface area contributed by atoms with Crippen LogP contribution in [0.3, 0.4) is 0 Å². The zero-order valence-corrected chi connectivity index (χ0v) is 59.2. The molecule has 20 aromatic rings. The topological polar surface area (TPSA) is 16.3 Å². The van der Waals surface area contributed by atoms with Gasteiger partial charge in [-0.05, 0) is 216 Å². The lowest BCUT2D eigenvalue weighted by molar-refractivity contribution is 1.18. The van der Waals surface area contributed by atoms with Crippen LogP contribution in [0.15, 0.2) is 425 Å². The molecule has 108 heavy (non-hydrogen) atoms. The van der Waals surface area contributed by atoms with Gasteiger partial charge in [-0.2, -0.15) is 0 Å². The van der Waals surface area contributed by atoms with E-state index in [0.717, 1.165) is 84.3 Å². The van der Waals surface area contributed by atoms with Gasteiger partial charge in [-0.25, -0.2) is 0 Å². The van der Waals surface area contributed by atoms with Gasteiger partial charge in [0.05, 0.1) is 22.1 Å². The Morgan fingerprint density at radius 2 is 0.454 bits per heavy atom. The lowest BCUT2D eigenvalue weighted by atomic mass is 9.92. The van der Waals surface area contributed by atoms with Crippen LogP contribution in [0.4, 0.5) is 34.1 Å². The van der Waals surface area contributed by atoms with Gasteiger partial charge in [0.1, 0.15) is 0 Å². The van der Waals surface area contributed by atoms with Crippen LogP contribution in [0.5, 0.6) is 0 Å². The number of fused-ring (bicyclic) bond motifs is 8. The predicted molar refractivity (Wildman–Crippen MR) is 458 cm³/mol. The molecule has 4 heteroatoms. The normalized spacial score (nSPS) is 11.5. The number of anilines is 6. The second-order valence-electron chi connectivity index (χ2n) is 27.9. The number of benzene rings is 18. The van der Waals surface area contributed by atoms with Crippen molar-refractivity contribution >= 4 is 99.3 Å². The van der Waals surface area contributed by atoms with Gasteiger partial charge < -0.3 is 18.9 Å². The van der Waals surface area contributed by atoms with E-state index in [0.29, 0.717) is 0 Å². The van der Waals surface area contributed by atoms with Crippen molar-refractivity contribution in [2.24, 2.45) is 0 Å². The first-order chi connectivity index (χ1) is 53.6. The first kappa shape index (κ1) is 63.4. The summed E-state index contributed by atoms with van der Waals surface area (Å²) < 4.78 is 4.99. The van der Waals surface area contributed by atoms with Gasteiger partial charge in [0.2, 0.25) is 0 Å². The van der Waals surface area contributed by atoms with Crippen molar-refractivity contribution in [3.8, 4) is 89.3 Å². The Morgan fingerprint density at radius 1 is 0.167 bits per heavy atom. The molecule has 4 nitrogen and oxygen atoms in total. The molecule has 2 aromatic heterocycles. The SMILES string of the molecule is c1ccc(-c2ccc(-c3c4ccccc4cc4c5ccccc5n(-c5ccc(N(c6ccccc6)c6ccc(-c7ccccc7-c7ccc8c(c7)c7cc9ccccc9c(-c9ccc(N(c%10ccccc%10)c%10ccc(-c%11ccccc%11)cc%10)cc9)c7n8-c7ccc(-c8ccccc8)cc7)cc6)cc5)c34)cc2)cc1. The average Bonchev–Trinajstić information content (AvgIpc) is 1.55. The second-order valence-corrected chi connectivity index (χ2v) is 27.9. The maximum atomic E-state index is 2.51. The maximum Gasteiger partial charge on any atom is 0.0625 e. The minimum absolute atomic E-state index is 1.06. The Bertz CT molecular complexity index is 6690. The number of hydrogen-bond donors (Lipinski definition) is 0. The van der Waals surface area contributed by atoms with Crippen molar-refractivity contribution in [2.45, 2.75) is 0 Å². The fourth-order valence-corrected chi connectivity index (χ4v) is 16.6. The molecular formula is C104H70N4. The molecule has 0 radical (unpaired) electrons. The Hall–Kier alpha value is -14.3. The number of rotatable bonds is 15. The quantitative estimate of drug-likeness (QED) is 0.102. The van der Waals surface area contributed by atoms with E-state index in [4.69, 9.17) is 0 Å². The molecule has 506 valence electrons. The molecule has 0 saturated carbocycles. The van der Waals surface area contributed by atoms with Gasteiger partial charge in [-0.3, -0.25) is 0 Å². The Balaban J connectivity index is 0.682. The minimum Gasteiger partial charge on any atom is -0.311 e. The van der Waals surface area contributed by atoms with Crippen LogP contribution < -0.4 is 9.80 Å². The molecule has 0 bridgehead atoms. The standard InChI is InChI=1S/C104H70N4/c1-6-24-71(25-7-1)74-42-44-78(45-43-74)101-93-38-18-16-30-80(93)69-97-95-40-22-23-41-99(95)107(103(97)101)90-65-63-88(64-66-90)106(84-34-14-5-15-35-84)86-59-50-77(51-60-86)91-36-20-21-37-92(91)82-54-67-100-96(68-82)98-70-81-31-17-19-39-94(81)102(104(98)108(100)89-57-48-76(49-58-89)73-28-10-3-11-29-73)79-52-61-87(62-53-79)105(83-32-12-4-13-33-83)85-55-46-75(47-56-85)72-26-8-2-9-27-72/h1-70H. The van der Waals surface area contributed by atoms with Crippen molar-refractivity contribution in [2.75, 3.05) is 9.80 Å². The molecule has 0 aliphatic rings. The maximum absolute atomic E-state index is 2.51. The summed E-state index contributed by atoms with van der Waals surface area (Å²) in [6, 6.07) is 156. The van der Waals surface area contributed by atoms with Crippen molar-refractivity contribution in [1.29, 1.82) is 0 Å². The molecule has 18 aromatic carbocycles. The molecule has 0 atom stereocenters. The van der Waals surface area contributed by atoms with Gasteiger partial charge in [0, 0.05) is 78.2 Å². The van der Waals surface area contributed by atoms with Crippen molar-refractivity contribution in [1.82, 2.24) is 9.13 Å². The van der Waals surface area contributed by atoms with Crippen LogP contribution >= 0.6 is 0 Å². The summed E-state index contributed by atoms with van der Waals surface area (Å²) in [4.78, 5) is 4.72. The number of hydrogen-bond acceptors (Lipinski definition) is 2. The highest BCUT2D eigenvalue weighted by molar-refractivity contribution is 6.23. The number of para-hydroxylation sites is 3. The Labute approximate surface area is 628 Å². The summed E-state index contributed by atoms with van der Waals surface area (Å²) in [5.74, 6) is 0. The summed E-state index contributed by atoms with van der Waals surface area (Å²) in [6.45, 7) is 0. The van der Waals surface area contributed by atoms with E-state index in [1.165, 1.54) is 104 Å². The monoisotopic (exact) mass is 1370 g/mol. The van der Waals surface area contributed by atoms with Crippen LogP contribution in [-0.2, 0) is 0 Å². The zero-order valence-electron chi connectivity index (χ0n) is 59.2. The highest BCUT2D eigenvalue weighted by Crippen LogP contribution is 2.49. The fourth-order valence-electron chi connectivity index (χ4n) is 16.6. The molecule has 0 saturated heterocycles. The van der Waals surface area contributed by atoms with Gasteiger partial charge in [-0.1, -0.05) is 297 Å². The van der Waals surface area contributed by atoms with Crippen LogP contribution in [0.2, 0.25) is 0 Å². The van der Waals surface area contributed by atoms with Gasteiger partial charge in [-0.15, -0.1) is 0 Å². The van der Waals surface area contributed by atoms with E-state index < -0.39 is 0 Å². The third-order valence-electron chi connectivity index (χ3n) is 21.7. The Morgan fingerprint density at radius 3 is 0.917 bits per heavy atom. The third-order valence-corrected chi connectivity index (χ3v) is 21.7. The van der Waals surface area contributed by atoms with Crippen LogP contribution in [0.1, 0.15) is 0 Å². The van der Waals surface area contributed by atoms with Gasteiger partial charge in [0.15, 0.2) is 0 Å². The number of nitrogens with zero attached hydrogens (tertiary/aromatic N) is 4. The largest absolute Gasteiger partial charge is 0.311 e. The summed E-state index contributed by atoms with van der Waals surface area (Å²) in [7, 11) is 0. The summed E-state index contributed by atoms with van der Waals surface area (Å²) in [6.07, 6.45) is 0. The molecule has 0 N–H and O–H groups in total. The molecule has 0 spiro atoms. The molecule has 0 aliphatic heterocycles. The minimum atomic E-state index is 1.06. The van der Waals surface area contributed by atoms with Gasteiger partial charge in [0.25, 0.3) is 0 Å². The Kier molecular flexibility index (Phi) is 15.9. The molecular weight excluding hydrogens is 1310 g/mol. The smallest absolute Gasteiger partial charge is 0.0625 e.